The van der Waals surface area contributed by atoms with Gasteiger partial charge in [0.15, 0.2) is 23.3 Å². The van der Waals surface area contributed by atoms with Gasteiger partial charge in [0, 0.05) is 11.6 Å². The maximum atomic E-state index is 12.1. The van der Waals surface area contributed by atoms with E-state index in [9.17, 15) is 14.9 Å². The Kier molecular flexibility index (Phi) is 7.10. The fourth-order valence-corrected chi connectivity index (χ4v) is 2.80. The van der Waals surface area contributed by atoms with Gasteiger partial charge in [-0.3, -0.25) is 4.79 Å². The molecule has 1 N–H and O–H groups in total. The number of methoxy groups -OCH3 is 1. The Labute approximate surface area is 164 Å². The summed E-state index contributed by atoms with van der Waals surface area (Å²) in [6.07, 6.45) is 1.74. The van der Waals surface area contributed by atoms with E-state index in [-0.39, 0.29) is 41.0 Å². The van der Waals surface area contributed by atoms with Gasteiger partial charge < -0.3 is 19.2 Å². The van der Waals surface area contributed by atoms with E-state index in [0.29, 0.717) is 10.7 Å². The molecule has 0 bridgehead atoms. The lowest BCUT2D eigenvalue weighted by Gasteiger charge is -2.14. The Bertz CT molecular complexity index is 955. The number of esters is 1. The third kappa shape index (κ3) is 4.72. The van der Waals surface area contributed by atoms with Gasteiger partial charge >= 0.3 is 5.97 Å². The lowest BCUT2D eigenvalue weighted by molar-refractivity contribution is -0.145. The molecule has 142 valence electrons. The second kappa shape index (κ2) is 9.30. The van der Waals surface area contributed by atoms with Crippen molar-refractivity contribution >= 4 is 29.3 Å². The average molecular weight is 410 g/mol. The van der Waals surface area contributed by atoms with Gasteiger partial charge in [0.1, 0.15) is 11.6 Å². The molecule has 10 heteroatoms. The monoisotopic (exact) mass is 409 g/mol. The minimum atomic E-state index is -0.565. The summed E-state index contributed by atoms with van der Waals surface area (Å²) in [6, 6.07) is 4.76. The molecule has 1 heterocycles. The number of nitrogens with zero attached hydrogens (tertiary/aromatic N) is 2. The Morgan fingerprint density at radius 3 is 2.74 bits per heavy atom. The molecule has 0 aliphatic rings. The number of hydrogen-bond donors (Lipinski definition) is 1. The number of nitrogens with one attached hydrogen (secondary N) is 1. The zero-order valence-electron chi connectivity index (χ0n) is 14.8. The number of aromatic nitrogens is 2. The third-order valence-corrected chi connectivity index (χ3v) is 4.25. The van der Waals surface area contributed by atoms with Gasteiger partial charge in [0.2, 0.25) is 0 Å². The van der Waals surface area contributed by atoms with Gasteiger partial charge in [-0.1, -0.05) is 23.4 Å². The zero-order chi connectivity index (χ0) is 20.0. The quantitative estimate of drug-likeness (QED) is 0.421. The summed E-state index contributed by atoms with van der Waals surface area (Å²) in [4.78, 5) is 30.4. The first-order chi connectivity index (χ1) is 12.9. The van der Waals surface area contributed by atoms with Crippen molar-refractivity contribution < 1.29 is 19.0 Å². The molecular weight excluding hydrogens is 394 g/mol. The summed E-state index contributed by atoms with van der Waals surface area (Å²) in [5.41, 5.74) is -0.276. The van der Waals surface area contributed by atoms with E-state index in [4.69, 9.17) is 25.8 Å². The number of hydrogen-bond acceptors (Lipinski definition) is 8. The van der Waals surface area contributed by atoms with Crippen LogP contribution < -0.4 is 15.0 Å². The molecule has 1 aromatic carbocycles. The van der Waals surface area contributed by atoms with Gasteiger partial charge in [0.25, 0.3) is 5.56 Å². The van der Waals surface area contributed by atoms with Crippen molar-refractivity contribution in [3.8, 4) is 28.8 Å². The van der Waals surface area contributed by atoms with Crippen molar-refractivity contribution in [2.45, 2.75) is 12.1 Å². The molecule has 0 radical (unpaired) electrons. The van der Waals surface area contributed by atoms with Crippen LogP contribution in [0.5, 0.6) is 11.5 Å². The number of aromatic amines is 1. The van der Waals surface area contributed by atoms with Crippen LogP contribution in [0.1, 0.15) is 12.5 Å². The Morgan fingerprint density at radius 2 is 2.15 bits per heavy atom. The van der Waals surface area contributed by atoms with E-state index in [1.54, 1.807) is 13.2 Å². The fraction of sp³-hybridized carbons (Fsp3) is 0.294. The van der Waals surface area contributed by atoms with Gasteiger partial charge in [-0.05, 0) is 19.2 Å². The molecule has 27 heavy (non-hydrogen) atoms. The highest BCUT2D eigenvalue weighted by Crippen LogP contribution is 2.38. The molecular formula is C17H16ClN3O5S. The van der Waals surface area contributed by atoms with Crippen LogP contribution in [0.3, 0.4) is 0 Å². The van der Waals surface area contributed by atoms with E-state index in [2.05, 4.69) is 9.97 Å². The standard InChI is InChI=1S/C17H16ClN3O5S/c1-4-25-14(22)8-26-13-6-11(18)9(5-12(13)24-2)15-10(7-19)16(23)21-17(20-15)27-3/h5-6H,4,8H2,1-3H3,(H,20,21,23). The van der Waals surface area contributed by atoms with E-state index in [0.717, 1.165) is 0 Å². The van der Waals surface area contributed by atoms with E-state index >= 15 is 0 Å². The highest BCUT2D eigenvalue weighted by Gasteiger charge is 2.19. The molecule has 0 spiro atoms. The molecule has 0 aliphatic heterocycles. The summed E-state index contributed by atoms with van der Waals surface area (Å²) in [7, 11) is 1.41. The lowest BCUT2D eigenvalue weighted by Crippen LogP contribution is -2.15. The molecule has 0 saturated heterocycles. The number of carbonyl (C=O) groups excluding carboxylic acids is 1. The number of ether oxygens (including phenoxy) is 3. The lowest BCUT2D eigenvalue weighted by atomic mass is 10.1. The summed E-state index contributed by atoms with van der Waals surface area (Å²) in [5.74, 6) is -0.0597. The largest absolute Gasteiger partial charge is 0.493 e. The molecule has 0 aliphatic carbocycles. The molecule has 0 saturated carbocycles. The first-order valence-electron chi connectivity index (χ1n) is 7.69. The SMILES string of the molecule is CCOC(=O)COc1cc(Cl)c(-c2nc(SC)[nH]c(=O)c2C#N)cc1OC. The maximum absolute atomic E-state index is 12.1. The number of nitriles is 1. The van der Waals surface area contributed by atoms with Crippen molar-refractivity contribution in [2.75, 3.05) is 26.6 Å². The Balaban J connectivity index is 2.51. The van der Waals surface area contributed by atoms with Gasteiger partial charge in [0.05, 0.1) is 24.4 Å². The van der Waals surface area contributed by atoms with Crippen LogP contribution in [0.15, 0.2) is 22.1 Å². The van der Waals surface area contributed by atoms with Crippen LogP contribution in [0.25, 0.3) is 11.3 Å². The predicted molar refractivity (Wildman–Crippen MR) is 100 cm³/mol. The van der Waals surface area contributed by atoms with Crippen molar-refractivity contribution in [3.63, 3.8) is 0 Å². The van der Waals surface area contributed by atoms with Crippen LogP contribution in [0.2, 0.25) is 5.02 Å². The number of H-pyrrole nitrogens is 1. The number of benzene rings is 1. The van der Waals surface area contributed by atoms with E-state index in [1.165, 1.54) is 31.0 Å². The average Bonchev–Trinajstić information content (AvgIpc) is 2.66. The molecule has 2 rings (SSSR count). The van der Waals surface area contributed by atoms with E-state index in [1.807, 2.05) is 6.07 Å². The highest BCUT2D eigenvalue weighted by atomic mass is 35.5. The highest BCUT2D eigenvalue weighted by molar-refractivity contribution is 7.98. The van der Waals surface area contributed by atoms with Crippen LogP contribution in [-0.2, 0) is 9.53 Å². The Morgan fingerprint density at radius 1 is 1.41 bits per heavy atom. The zero-order valence-corrected chi connectivity index (χ0v) is 16.4. The molecule has 0 fully saturated rings. The first kappa shape index (κ1) is 20.6. The molecule has 2 aromatic rings. The Hall–Kier alpha value is -2.70. The van der Waals surface area contributed by atoms with Crippen molar-refractivity contribution in [3.05, 3.63) is 33.1 Å². The summed E-state index contributed by atoms with van der Waals surface area (Å²) >= 11 is 7.55. The summed E-state index contributed by atoms with van der Waals surface area (Å²) in [6.45, 7) is 1.61. The van der Waals surface area contributed by atoms with Crippen LogP contribution >= 0.6 is 23.4 Å². The molecule has 0 amide bonds. The second-order valence-corrected chi connectivity index (χ2v) is 6.19. The van der Waals surface area contributed by atoms with Gasteiger partial charge in [-0.15, -0.1) is 0 Å². The number of rotatable bonds is 7. The maximum Gasteiger partial charge on any atom is 0.344 e. The minimum Gasteiger partial charge on any atom is -0.493 e. The van der Waals surface area contributed by atoms with Crippen molar-refractivity contribution in [1.82, 2.24) is 9.97 Å². The van der Waals surface area contributed by atoms with Crippen molar-refractivity contribution in [1.29, 1.82) is 5.26 Å². The van der Waals surface area contributed by atoms with Crippen LogP contribution in [0.4, 0.5) is 0 Å². The molecule has 0 atom stereocenters. The van der Waals surface area contributed by atoms with E-state index < -0.39 is 11.5 Å². The summed E-state index contributed by atoms with van der Waals surface area (Å²) in [5, 5.41) is 9.84. The van der Waals surface area contributed by atoms with Crippen LogP contribution in [0, 0.1) is 11.3 Å². The molecule has 1 aromatic heterocycles. The number of thioether (sulfide) groups is 1. The number of carbonyl (C=O) groups is 1. The van der Waals surface area contributed by atoms with Gasteiger partial charge in [-0.2, -0.15) is 5.26 Å². The summed E-state index contributed by atoms with van der Waals surface area (Å²) < 4.78 is 15.5. The number of halogens is 1. The van der Waals surface area contributed by atoms with Crippen LogP contribution in [-0.4, -0.2) is 42.5 Å². The minimum absolute atomic E-state index is 0.130. The van der Waals surface area contributed by atoms with Gasteiger partial charge in [-0.25, -0.2) is 9.78 Å². The normalized spacial score (nSPS) is 10.2. The van der Waals surface area contributed by atoms with Crippen molar-refractivity contribution in [2.24, 2.45) is 0 Å². The molecule has 0 unspecified atom stereocenters. The second-order valence-electron chi connectivity index (χ2n) is 4.99. The molecule has 8 nitrogen and oxygen atoms in total. The first-order valence-corrected chi connectivity index (χ1v) is 9.30. The fourth-order valence-electron chi connectivity index (χ4n) is 2.18. The smallest absolute Gasteiger partial charge is 0.344 e. The predicted octanol–water partition coefficient (Wildman–Crippen LogP) is 2.63. The topological polar surface area (TPSA) is 114 Å². The third-order valence-electron chi connectivity index (χ3n) is 3.36.